The molecular weight excluding hydrogens is 594 g/mol. The van der Waals surface area contributed by atoms with E-state index in [1.807, 2.05) is 7.05 Å². The smallest absolute Gasteiger partial charge is 0.438 e. The molecule has 5 rings (SSSR count). The van der Waals surface area contributed by atoms with Gasteiger partial charge in [-0.1, -0.05) is 24.3 Å². The first-order valence-electron chi connectivity index (χ1n) is 13.3. The van der Waals surface area contributed by atoms with Crippen LogP contribution < -0.4 is 9.46 Å². The van der Waals surface area contributed by atoms with Crippen molar-refractivity contribution in [3.63, 3.8) is 0 Å². The summed E-state index contributed by atoms with van der Waals surface area (Å²) < 4.78 is 97.4. The Hall–Kier alpha value is -3.78. The number of rotatable bonds is 8. The number of piperidine rings is 1. The minimum Gasteiger partial charge on any atom is -0.438 e. The molecular formula is C29H28F6N6OS. The summed E-state index contributed by atoms with van der Waals surface area (Å²) in [6, 6.07) is 9.78. The molecule has 0 atom stereocenters. The van der Waals surface area contributed by atoms with Crippen LogP contribution in [0, 0.1) is 12.7 Å². The number of aromatic nitrogens is 4. The van der Waals surface area contributed by atoms with E-state index in [9.17, 15) is 17.6 Å². The zero-order valence-corrected chi connectivity index (χ0v) is 24.2. The standard InChI is InChI=1S/C29H28F6N6OS/c1-17-6-4-5-7-23(17)25-24(28(31,32)29(33,34)35)26(38-27(37-25)39-43-22-15-36-41(3)16-22)42-21-13-19(12-20(30)14-21)18-8-10-40(2)11-9-18/h4-7,12-16,18H,8-11H2,1-3H3,(H,37,38,39). The molecule has 4 aromatic rings. The van der Waals surface area contributed by atoms with Crippen molar-refractivity contribution >= 4 is 17.9 Å². The van der Waals surface area contributed by atoms with Crippen molar-refractivity contribution in [2.24, 2.45) is 7.05 Å². The lowest BCUT2D eigenvalue weighted by Crippen LogP contribution is -2.35. The van der Waals surface area contributed by atoms with Crippen LogP contribution in [-0.4, -0.2) is 51.0 Å². The van der Waals surface area contributed by atoms with Gasteiger partial charge in [-0.2, -0.15) is 32.0 Å². The number of hydrogen-bond acceptors (Lipinski definition) is 7. The number of hydrogen-bond donors (Lipinski definition) is 1. The normalized spacial score (nSPS) is 15.1. The van der Waals surface area contributed by atoms with Crippen molar-refractivity contribution < 1.29 is 31.1 Å². The topological polar surface area (TPSA) is 68.1 Å². The van der Waals surface area contributed by atoms with Crippen LogP contribution in [0.2, 0.25) is 0 Å². The number of nitrogens with zero attached hydrogens (tertiary/aromatic N) is 5. The fourth-order valence-electron chi connectivity index (χ4n) is 4.91. The molecule has 1 saturated heterocycles. The number of likely N-dealkylation sites (tertiary alicyclic amines) is 1. The van der Waals surface area contributed by atoms with Crippen molar-refractivity contribution in [2.45, 2.75) is 42.7 Å². The van der Waals surface area contributed by atoms with Crippen molar-refractivity contribution in [1.29, 1.82) is 0 Å². The van der Waals surface area contributed by atoms with Crippen molar-refractivity contribution in [3.05, 3.63) is 77.4 Å². The highest BCUT2D eigenvalue weighted by molar-refractivity contribution is 8.00. The summed E-state index contributed by atoms with van der Waals surface area (Å²) in [7, 11) is 3.66. The first-order valence-corrected chi connectivity index (χ1v) is 14.1. The van der Waals surface area contributed by atoms with Gasteiger partial charge in [0.25, 0.3) is 0 Å². The van der Waals surface area contributed by atoms with Gasteiger partial charge in [-0.05, 0) is 81.0 Å². The summed E-state index contributed by atoms with van der Waals surface area (Å²) in [6.07, 6.45) is -1.39. The van der Waals surface area contributed by atoms with E-state index >= 15 is 8.78 Å². The van der Waals surface area contributed by atoms with E-state index in [1.165, 1.54) is 35.1 Å². The molecule has 2 aromatic heterocycles. The number of halogens is 6. The van der Waals surface area contributed by atoms with E-state index in [2.05, 4.69) is 24.7 Å². The summed E-state index contributed by atoms with van der Waals surface area (Å²) in [4.78, 5) is 10.8. The Kier molecular flexibility index (Phi) is 8.61. The van der Waals surface area contributed by atoms with Crippen molar-refractivity contribution in [1.82, 2.24) is 24.6 Å². The average Bonchev–Trinajstić information content (AvgIpc) is 3.36. The van der Waals surface area contributed by atoms with Gasteiger partial charge in [0, 0.05) is 24.9 Å². The number of alkyl halides is 5. The van der Waals surface area contributed by atoms with Gasteiger partial charge < -0.3 is 9.64 Å². The fraction of sp³-hybridized carbons (Fsp3) is 0.345. The minimum atomic E-state index is -6.01. The Labute approximate surface area is 248 Å². The first kappa shape index (κ1) is 30.7. The fourth-order valence-corrected chi connectivity index (χ4v) is 5.51. The molecule has 228 valence electrons. The SMILES string of the molecule is Cc1ccccc1-c1nc(NSc2cnn(C)c2)nc(Oc2cc(F)cc(C3CCN(C)CC3)c2)c1C(F)(F)C(F)(F)F. The zero-order chi connectivity index (χ0) is 30.9. The van der Waals surface area contributed by atoms with Crippen LogP contribution in [0.5, 0.6) is 11.6 Å². The minimum absolute atomic E-state index is 0.0226. The molecule has 1 aliphatic rings. The molecule has 43 heavy (non-hydrogen) atoms. The molecule has 3 heterocycles. The zero-order valence-electron chi connectivity index (χ0n) is 23.4. The third kappa shape index (κ3) is 6.74. The Morgan fingerprint density at radius 1 is 1.00 bits per heavy atom. The summed E-state index contributed by atoms with van der Waals surface area (Å²) in [6.45, 7) is 3.11. The van der Waals surface area contributed by atoms with E-state index in [0.717, 1.165) is 43.9 Å². The summed E-state index contributed by atoms with van der Waals surface area (Å²) in [5.41, 5.74) is -1.27. The lowest BCUT2D eigenvalue weighted by atomic mass is 9.89. The number of nitrogens with one attached hydrogen (secondary N) is 1. The Balaban J connectivity index is 1.65. The highest BCUT2D eigenvalue weighted by atomic mass is 32.2. The molecule has 0 aliphatic carbocycles. The highest BCUT2D eigenvalue weighted by Crippen LogP contribution is 2.51. The second-order valence-electron chi connectivity index (χ2n) is 10.4. The average molecular weight is 623 g/mol. The maximum absolute atomic E-state index is 15.4. The quantitative estimate of drug-likeness (QED) is 0.160. The van der Waals surface area contributed by atoms with Gasteiger partial charge in [-0.25, -0.2) is 9.37 Å². The highest BCUT2D eigenvalue weighted by Gasteiger charge is 2.62. The molecule has 2 aromatic carbocycles. The molecule has 0 amide bonds. The lowest BCUT2D eigenvalue weighted by Gasteiger charge is -2.29. The van der Waals surface area contributed by atoms with Gasteiger partial charge in [0.05, 0.1) is 16.8 Å². The number of benzene rings is 2. The molecule has 1 fully saturated rings. The van der Waals surface area contributed by atoms with Gasteiger partial charge in [-0.15, -0.1) is 0 Å². The van der Waals surface area contributed by atoms with Crippen LogP contribution in [0.15, 0.2) is 59.8 Å². The molecule has 7 nitrogen and oxygen atoms in total. The van der Waals surface area contributed by atoms with Crippen molar-refractivity contribution in [3.8, 4) is 22.9 Å². The number of ether oxygens (including phenoxy) is 1. The van der Waals surface area contributed by atoms with Crippen LogP contribution in [0.25, 0.3) is 11.3 Å². The Morgan fingerprint density at radius 3 is 2.37 bits per heavy atom. The van der Waals surface area contributed by atoms with Crippen LogP contribution >= 0.6 is 11.9 Å². The number of aryl methyl sites for hydroxylation is 2. The van der Waals surface area contributed by atoms with Gasteiger partial charge >= 0.3 is 12.1 Å². The second-order valence-corrected chi connectivity index (χ2v) is 11.3. The number of anilines is 1. The van der Waals surface area contributed by atoms with Crippen LogP contribution in [0.4, 0.5) is 32.3 Å². The summed E-state index contributed by atoms with van der Waals surface area (Å²) in [5.74, 6) is -7.77. The van der Waals surface area contributed by atoms with E-state index in [-0.39, 0.29) is 23.2 Å². The molecule has 0 spiro atoms. The van der Waals surface area contributed by atoms with Gasteiger partial charge in [0.15, 0.2) is 0 Å². The predicted molar refractivity (Wildman–Crippen MR) is 151 cm³/mol. The molecule has 1 aliphatic heterocycles. The molecule has 0 saturated carbocycles. The second kappa shape index (κ2) is 12.1. The predicted octanol–water partition coefficient (Wildman–Crippen LogP) is 7.70. The van der Waals surface area contributed by atoms with E-state index in [4.69, 9.17) is 4.74 Å². The Morgan fingerprint density at radius 2 is 1.72 bits per heavy atom. The molecule has 1 N–H and O–H groups in total. The van der Waals surface area contributed by atoms with Crippen LogP contribution in [0.3, 0.4) is 0 Å². The summed E-state index contributed by atoms with van der Waals surface area (Å²) >= 11 is 0.973. The van der Waals surface area contributed by atoms with Gasteiger partial charge in [-0.3, -0.25) is 9.40 Å². The monoisotopic (exact) mass is 622 g/mol. The summed E-state index contributed by atoms with van der Waals surface area (Å²) in [5, 5.41) is 4.04. The van der Waals surface area contributed by atoms with Gasteiger partial charge in [0.1, 0.15) is 17.1 Å². The molecule has 0 unspecified atom stereocenters. The molecule has 0 bridgehead atoms. The lowest BCUT2D eigenvalue weighted by molar-refractivity contribution is -0.289. The van der Waals surface area contributed by atoms with Gasteiger partial charge in [0.2, 0.25) is 11.8 Å². The third-order valence-electron chi connectivity index (χ3n) is 7.19. The van der Waals surface area contributed by atoms with Crippen LogP contribution in [0.1, 0.15) is 35.4 Å². The third-order valence-corrected chi connectivity index (χ3v) is 7.92. The maximum atomic E-state index is 15.4. The molecule has 0 radical (unpaired) electrons. The van der Waals surface area contributed by atoms with E-state index in [0.29, 0.717) is 16.0 Å². The van der Waals surface area contributed by atoms with E-state index in [1.54, 1.807) is 32.3 Å². The largest absolute Gasteiger partial charge is 0.458 e. The van der Waals surface area contributed by atoms with Crippen LogP contribution in [-0.2, 0) is 13.0 Å². The molecule has 14 heteroatoms. The maximum Gasteiger partial charge on any atom is 0.458 e. The Bertz CT molecular complexity index is 1600. The first-order chi connectivity index (χ1) is 20.3. The van der Waals surface area contributed by atoms with Crippen molar-refractivity contribution in [2.75, 3.05) is 24.9 Å². The van der Waals surface area contributed by atoms with E-state index < -0.39 is 35.1 Å².